The molecule has 0 N–H and O–H groups in total. The second-order valence-electron chi connectivity index (χ2n) is 9.44. The molecule has 0 spiro atoms. The maximum Gasteiger partial charge on any atom is 0.282 e. The summed E-state index contributed by atoms with van der Waals surface area (Å²) in [6.07, 6.45) is 3.24. The number of carbonyl (C=O) groups excluding carboxylic acids is 3. The van der Waals surface area contributed by atoms with Crippen molar-refractivity contribution < 1.29 is 27.5 Å². The lowest BCUT2D eigenvalue weighted by molar-refractivity contribution is -0.141. The Morgan fingerprint density at radius 3 is 1.97 bits per heavy atom. The van der Waals surface area contributed by atoms with Gasteiger partial charge in [0.1, 0.15) is 0 Å². The number of nitrogens with zero attached hydrogens (tertiary/aromatic N) is 4. The highest BCUT2D eigenvalue weighted by molar-refractivity contribution is 7.86. The highest BCUT2D eigenvalue weighted by Gasteiger charge is 2.48. The van der Waals surface area contributed by atoms with Crippen molar-refractivity contribution in [1.82, 2.24) is 18.4 Å². The summed E-state index contributed by atoms with van der Waals surface area (Å²) in [5, 5.41) is 0. The van der Waals surface area contributed by atoms with E-state index in [0.29, 0.717) is 26.2 Å². The van der Waals surface area contributed by atoms with E-state index in [4.69, 9.17) is 4.74 Å². The second kappa shape index (κ2) is 9.36. The number of carbonyl (C=O) groups is 3. The maximum atomic E-state index is 13.0. The molecule has 0 unspecified atom stereocenters. The fourth-order valence-electron chi connectivity index (χ4n) is 5.47. The van der Waals surface area contributed by atoms with Crippen molar-refractivity contribution in [3.05, 3.63) is 0 Å². The quantitative estimate of drug-likeness (QED) is 0.526. The van der Waals surface area contributed by atoms with E-state index in [9.17, 15) is 22.8 Å². The highest BCUT2D eigenvalue weighted by atomic mass is 32.2. The number of imide groups is 1. The molecule has 1 aliphatic carbocycles. The van der Waals surface area contributed by atoms with Crippen LogP contribution in [0.4, 0.5) is 0 Å². The van der Waals surface area contributed by atoms with Crippen molar-refractivity contribution >= 4 is 27.9 Å². The molecule has 10 nitrogen and oxygen atoms in total. The van der Waals surface area contributed by atoms with Crippen LogP contribution in [0, 0.1) is 11.8 Å². The van der Waals surface area contributed by atoms with E-state index in [-0.39, 0.29) is 67.8 Å². The summed E-state index contributed by atoms with van der Waals surface area (Å²) in [5.74, 6) is -0.808. The van der Waals surface area contributed by atoms with E-state index in [0.717, 1.165) is 25.7 Å². The average molecular weight is 471 g/mol. The molecule has 4 rings (SSSR count). The van der Waals surface area contributed by atoms with Crippen molar-refractivity contribution in [2.75, 3.05) is 45.8 Å². The second-order valence-corrected chi connectivity index (χ2v) is 11.4. The molecular formula is C21H34N4O6S. The first-order valence-corrected chi connectivity index (χ1v) is 13.1. The Kier molecular flexibility index (Phi) is 6.90. The van der Waals surface area contributed by atoms with Gasteiger partial charge in [-0.3, -0.25) is 19.3 Å². The van der Waals surface area contributed by atoms with Gasteiger partial charge in [0.15, 0.2) is 0 Å². The molecule has 4 atom stereocenters. The molecule has 0 radical (unpaired) electrons. The first-order valence-electron chi connectivity index (χ1n) is 11.7. The molecule has 3 aliphatic heterocycles. The zero-order valence-electron chi connectivity index (χ0n) is 18.9. The summed E-state index contributed by atoms with van der Waals surface area (Å²) in [6.45, 7) is 5.57. The van der Waals surface area contributed by atoms with Crippen LogP contribution >= 0.6 is 0 Å². The standard InChI is InChI=1S/C21H34N4O6S/c1-15-13-24(14-16(2)31-15)32(29,30)23-11-9-22(10-12-23)19(26)7-8-25-20(27)17-5-3-4-6-18(17)21(25)28/h15-18H,3-14H2,1-2H3/t15-,16+,17-,18-/m1/s1. The predicted octanol–water partition coefficient (Wildman–Crippen LogP) is 0.0499. The van der Waals surface area contributed by atoms with Gasteiger partial charge < -0.3 is 9.64 Å². The number of fused-ring (bicyclic) bond motifs is 1. The Bertz CT molecular complexity index is 822. The lowest BCUT2D eigenvalue weighted by Crippen LogP contribution is -2.57. The number of hydrogen-bond acceptors (Lipinski definition) is 6. The summed E-state index contributed by atoms with van der Waals surface area (Å²) in [6, 6.07) is 0. The number of ether oxygens (including phenoxy) is 1. The topological polar surface area (TPSA) is 108 Å². The van der Waals surface area contributed by atoms with Gasteiger partial charge in [0.05, 0.1) is 24.0 Å². The molecule has 11 heteroatoms. The smallest absolute Gasteiger partial charge is 0.282 e. The molecule has 3 amide bonds. The SMILES string of the molecule is C[C@@H]1CN(S(=O)(=O)N2CCN(C(=O)CCN3C(=O)[C@@H]4CCCC[C@H]4C3=O)CC2)C[C@H](C)O1. The van der Waals surface area contributed by atoms with E-state index in [1.165, 1.54) is 13.5 Å². The number of piperazine rings is 1. The number of rotatable bonds is 5. The molecule has 0 aromatic heterocycles. The van der Waals surface area contributed by atoms with E-state index in [1.54, 1.807) is 4.90 Å². The predicted molar refractivity (Wildman–Crippen MR) is 115 cm³/mol. The molecular weight excluding hydrogens is 436 g/mol. The van der Waals surface area contributed by atoms with Crippen molar-refractivity contribution in [2.24, 2.45) is 11.8 Å². The third-order valence-electron chi connectivity index (χ3n) is 7.11. The molecule has 1 saturated carbocycles. The molecule has 4 aliphatic rings. The van der Waals surface area contributed by atoms with Crippen molar-refractivity contribution in [3.8, 4) is 0 Å². The highest BCUT2D eigenvalue weighted by Crippen LogP contribution is 2.38. The minimum atomic E-state index is -3.60. The van der Waals surface area contributed by atoms with E-state index < -0.39 is 10.2 Å². The summed E-state index contributed by atoms with van der Waals surface area (Å²) in [7, 11) is -3.60. The molecule has 0 bridgehead atoms. The van der Waals surface area contributed by atoms with Gasteiger partial charge in [-0.1, -0.05) is 12.8 Å². The Hall–Kier alpha value is -1.56. The molecule has 0 aromatic carbocycles. The zero-order valence-corrected chi connectivity index (χ0v) is 19.8. The van der Waals surface area contributed by atoms with Crippen LogP contribution in [0.2, 0.25) is 0 Å². The van der Waals surface area contributed by atoms with Crippen LogP contribution in [0.1, 0.15) is 46.0 Å². The molecule has 4 fully saturated rings. The first-order chi connectivity index (χ1) is 15.2. The van der Waals surface area contributed by atoms with Crippen LogP contribution in [-0.2, 0) is 29.3 Å². The van der Waals surface area contributed by atoms with Crippen molar-refractivity contribution in [2.45, 2.75) is 58.2 Å². The van der Waals surface area contributed by atoms with Crippen LogP contribution in [0.15, 0.2) is 0 Å². The largest absolute Gasteiger partial charge is 0.373 e. The van der Waals surface area contributed by atoms with E-state index in [1.807, 2.05) is 13.8 Å². The van der Waals surface area contributed by atoms with Crippen LogP contribution < -0.4 is 0 Å². The molecule has 3 heterocycles. The van der Waals surface area contributed by atoms with Gasteiger partial charge in [-0.25, -0.2) is 0 Å². The Labute approximate surface area is 190 Å². The summed E-state index contributed by atoms with van der Waals surface area (Å²) < 4.78 is 34.6. The van der Waals surface area contributed by atoms with Gasteiger partial charge in [0.2, 0.25) is 17.7 Å². The van der Waals surface area contributed by atoms with Gasteiger partial charge in [-0.2, -0.15) is 17.0 Å². The number of morpholine rings is 1. The number of hydrogen-bond donors (Lipinski definition) is 0. The van der Waals surface area contributed by atoms with Gasteiger partial charge in [-0.15, -0.1) is 0 Å². The van der Waals surface area contributed by atoms with Crippen LogP contribution in [0.5, 0.6) is 0 Å². The maximum absolute atomic E-state index is 13.0. The number of amides is 3. The van der Waals surface area contributed by atoms with Gasteiger partial charge in [-0.05, 0) is 26.7 Å². The summed E-state index contributed by atoms with van der Waals surface area (Å²) >= 11 is 0. The minimum Gasteiger partial charge on any atom is -0.373 e. The van der Waals surface area contributed by atoms with Gasteiger partial charge in [0, 0.05) is 52.2 Å². The normalized spacial score (nSPS) is 32.9. The zero-order chi connectivity index (χ0) is 23.0. The average Bonchev–Trinajstić information content (AvgIpc) is 3.01. The van der Waals surface area contributed by atoms with Gasteiger partial charge >= 0.3 is 0 Å². The third kappa shape index (κ3) is 4.57. The fourth-order valence-corrected chi connectivity index (χ4v) is 7.22. The lowest BCUT2D eigenvalue weighted by Gasteiger charge is -2.40. The summed E-state index contributed by atoms with van der Waals surface area (Å²) in [5.41, 5.74) is 0. The molecule has 180 valence electrons. The monoisotopic (exact) mass is 470 g/mol. The van der Waals surface area contributed by atoms with E-state index in [2.05, 4.69) is 0 Å². The third-order valence-corrected chi connectivity index (χ3v) is 9.08. The first kappa shape index (κ1) is 23.6. The molecule has 0 aromatic rings. The van der Waals surface area contributed by atoms with Crippen LogP contribution in [0.25, 0.3) is 0 Å². The van der Waals surface area contributed by atoms with E-state index >= 15 is 0 Å². The summed E-state index contributed by atoms with van der Waals surface area (Å²) in [4.78, 5) is 40.8. The fraction of sp³-hybridized carbons (Fsp3) is 0.857. The Balaban J connectivity index is 1.27. The van der Waals surface area contributed by atoms with Crippen LogP contribution in [0.3, 0.4) is 0 Å². The Morgan fingerprint density at radius 2 is 1.44 bits per heavy atom. The van der Waals surface area contributed by atoms with Gasteiger partial charge in [0.25, 0.3) is 10.2 Å². The minimum absolute atomic E-state index is 0.0855. The van der Waals surface area contributed by atoms with Crippen LogP contribution in [-0.4, -0.2) is 103 Å². The lowest BCUT2D eigenvalue weighted by atomic mass is 9.81. The van der Waals surface area contributed by atoms with Crippen molar-refractivity contribution in [3.63, 3.8) is 0 Å². The number of likely N-dealkylation sites (tertiary alicyclic amines) is 1. The molecule has 3 saturated heterocycles. The van der Waals surface area contributed by atoms with Crippen molar-refractivity contribution in [1.29, 1.82) is 0 Å². The molecule has 32 heavy (non-hydrogen) atoms. The Morgan fingerprint density at radius 1 is 0.906 bits per heavy atom.